The number of halogens is 1. The third kappa shape index (κ3) is 3.40. The average molecular weight is 283 g/mol. The summed E-state index contributed by atoms with van der Waals surface area (Å²) < 4.78 is 5.49. The van der Waals surface area contributed by atoms with Crippen LogP contribution < -0.4 is 4.90 Å². The summed E-state index contributed by atoms with van der Waals surface area (Å²) >= 11 is 6.03. The van der Waals surface area contributed by atoms with Crippen molar-refractivity contribution in [1.82, 2.24) is 4.98 Å². The van der Waals surface area contributed by atoms with Crippen LogP contribution in [-0.4, -0.2) is 30.8 Å². The average Bonchev–Trinajstić information content (AvgIpc) is 2.37. The minimum Gasteiger partial charge on any atom is -0.377 e. The Morgan fingerprint density at radius 3 is 2.74 bits per heavy atom. The van der Waals surface area contributed by atoms with Gasteiger partial charge in [-0.2, -0.15) is 0 Å². The quantitative estimate of drug-likeness (QED) is 0.778. The second kappa shape index (κ2) is 5.68. The molecule has 2 heterocycles. The molecule has 4 heteroatoms. The molecule has 0 saturated carbocycles. The van der Waals surface area contributed by atoms with Crippen molar-refractivity contribution in [2.45, 2.75) is 45.0 Å². The number of morpholine rings is 1. The zero-order chi connectivity index (χ0) is 14.0. The van der Waals surface area contributed by atoms with E-state index in [9.17, 15) is 0 Å². The summed E-state index contributed by atoms with van der Waals surface area (Å²) in [6.07, 6.45) is 0. The van der Waals surface area contributed by atoms with Crippen LogP contribution in [0, 0.1) is 0 Å². The normalized spacial score (nSPS) is 20.7. The minimum atomic E-state index is 0.0341. The Morgan fingerprint density at radius 2 is 2.16 bits per heavy atom. The Bertz CT molecular complexity index is 442. The third-order valence-corrected chi connectivity index (χ3v) is 3.76. The van der Waals surface area contributed by atoms with E-state index in [0.717, 1.165) is 36.8 Å². The van der Waals surface area contributed by atoms with Gasteiger partial charge in [-0.15, -0.1) is 11.6 Å². The second-order valence-corrected chi connectivity index (χ2v) is 6.49. The predicted octanol–water partition coefficient (Wildman–Crippen LogP) is 3.34. The van der Waals surface area contributed by atoms with Crippen molar-refractivity contribution in [3.63, 3.8) is 0 Å². The van der Waals surface area contributed by atoms with Crippen LogP contribution in [0.4, 0.5) is 5.82 Å². The molecule has 1 unspecified atom stereocenters. The van der Waals surface area contributed by atoms with Crippen molar-refractivity contribution < 1.29 is 4.74 Å². The number of nitrogens with zero attached hydrogens (tertiary/aromatic N) is 2. The van der Waals surface area contributed by atoms with E-state index in [1.165, 1.54) is 0 Å². The lowest BCUT2D eigenvalue weighted by molar-refractivity contribution is 0.0985. The molecule has 3 nitrogen and oxygen atoms in total. The van der Waals surface area contributed by atoms with Crippen molar-refractivity contribution >= 4 is 17.4 Å². The molecule has 19 heavy (non-hydrogen) atoms. The maximum atomic E-state index is 6.03. The van der Waals surface area contributed by atoms with E-state index in [1.807, 2.05) is 0 Å². The molecule has 1 atom stereocenters. The van der Waals surface area contributed by atoms with Gasteiger partial charge in [0.15, 0.2) is 0 Å². The van der Waals surface area contributed by atoms with Crippen molar-refractivity contribution in [1.29, 1.82) is 0 Å². The van der Waals surface area contributed by atoms with Gasteiger partial charge in [-0.3, -0.25) is 0 Å². The summed E-state index contributed by atoms with van der Waals surface area (Å²) in [4.78, 5) is 7.15. The van der Waals surface area contributed by atoms with Crippen LogP contribution in [0.15, 0.2) is 12.1 Å². The van der Waals surface area contributed by atoms with Gasteiger partial charge in [0.25, 0.3) is 0 Å². The van der Waals surface area contributed by atoms with E-state index < -0.39 is 0 Å². The Kier molecular flexibility index (Phi) is 4.36. The summed E-state index contributed by atoms with van der Waals surface area (Å²) in [6, 6.07) is 4.57. The highest BCUT2D eigenvalue weighted by Gasteiger charge is 2.23. The molecule has 106 valence electrons. The molecule has 0 bridgehead atoms. The first-order chi connectivity index (χ1) is 8.91. The number of pyridine rings is 1. The van der Waals surface area contributed by atoms with Crippen molar-refractivity contribution in [2.24, 2.45) is 0 Å². The van der Waals surface area contributed by atoms with Crippen LogP contribution in [0.25, 0.3) is 0 Å². The number of hydrogen-bond acceptors (Lipinski definition) is 3. The van der Waals surface area contributed by atoms with Crippen LogP contribution in [0.5, 0.6) is 0 Å². The molecule has 1 aliphatic rings. The van der Waals surface area contributed by atoms with E-state index in [-0.39, 0.29) is 5.41 Å². The Labute approximate surface area is 120 Å². The number of hydrogen-bond donors (Lipinski definition) is 0. The molecule has 1 saturated heterocycles. The highest BCUT2D eigenvalue weighted by atomic mass is 35.5. The van der Waals surface area contributed by atoms with Crippen molar-refractivity contribution in [2.75, 3.05) is 24.7 Å². The largest absolute Gasteiger partial charge is 0.377 e. The van der Waals surface area contributed by atoms with Crippen LogP contribution in [-0.2, 0) is 16.0 Å². The number of alkyl halides is 1. The summed E-state index contributed by atoms with van der Waals surface area (Å²) in [5, 5.41) is 0. The molecular formula is C15H23ClN2O. The number of rotatable bonds is 2. The Hall–Kier alpha value is -0.800. The molecule has 0 N–H and O–H groups in total. The molecule has 0 spiro atoms. The van der Waals surface area contributed by atoms with Gasteiger partial charge in [0, 0.05) is 23.5 Å². The fourth-order valence-electron chi connectivity index (χ4n) is 2.25. The summed E-state index contributed by atoms with van der Waals surface area (Å²) in [5.74, 6) is 1.55. The lowest BCUT2D eigenvalue weighted by Gasteiger charge is -2.35. The molecule has 0 aromatic carbocycles. The van der Waals surface area contributed by atoms with Crippen LogP contribution in [0.3, 0.4) is 0 Å². The third-order valence-electron chi connectivity index (χ3n) is 3.46. The minimum absolute atomic E-state index is 0.0341. The molecule has 2 rings (SSSR count). The summed E-state index contributed by atoms with van der Waals surface area (Å²) in [7, 11) is 0. The molecule has 0 amide bonds. The zero-order valence-corrected chi connectivity index (χ0v) is 13.0. The highest BCUT2D eigenvalue weighted by Crippen LogP contribution is 2.27. The number of aromatic nitrogens is 1. The van der Waals surface area contributed by atoms with E-state index in [1.54, 1.807) is 0 Å². The lowest BCUT2D eigenvalue weighted by atomic mass is 9.91. The summed E-state index contributed by atoms with van der Waals surface area (Å²) in [6.45, 7) is 11.1. The van der Waals surface area contributed by atoms with E-state index in [0.29, 0.717) is 11.9 Å². The van der Waals surface area contributed by atoms with E-state index in [2.05, 4.69) is 44.7 Å². The first-order valence-electron chi connectivity index (χ1n) is 6.83. The van der Waals surface area contributed by atoms with Gasteiger partial charge >= 0.3 is 0 Å². The van der Waals surface area contributed by atoms with Gasteiger partial charge in [-0.05, 0) is 24.6 Å². The number of ether oxygens (including phenoxy) is 1. The predicted molar refractivity (Wildman–Crippen MR) is 80.1 cm³/mol. The molecule has 1 aliphatic heterocycles. The van der Waals surface area contributed by atoms with Crippen LogP contribution in [0.2, 0.25) is 0 Å². The first kappa shape index (κ1) is 14.6. The fraction of sp³-hybridized carbons (Fsp3) is 0.667. The first-order valence-corrected chi connectivity index (χ1v) is 7.37. The monoisotopic (exact) mass is 282 g/mol. The Morgan fingerprint density at radius 1 is 1.42 bits per heavy atom. The van der Waals surface area contributed by atoms with E-state index in [4.69, 9.17) is 21.3 Å². The molecule has 0 aliphatic carbocycles. The van der Waals surface area contributed by atoms with E-state index >= 15 is 0 Å². The second-order valence-electron chi connectivity index (χ2n) is 6.22. The van der Waals surface area contributed by atoms with Gasteiger partial charge in [0.2, 0.25) is 0 Å². The van der Waals surface area contributed by atoms with Gasteiger partial charge < -0.3 is 9.64 Å². The van der Waals surface area contributed by atoms with Crippen molar-refractivity contribution in [3.8, 4) is 0 Å². The molecule has 1 aromatic rings. The standard InChI is InChI=1S/C15H23ClN2O/c1-11-10-19-6-5-18(11)14-8-12(9-16)7-13(17-14)15(2,3)4/h7-8,11H,5-6,9-10H2,1-4H3. The van der Waals surface area contributed by atoms with Gasteiger partial charge in [0.1, 0.15) is 5.82 Å². The maximum absolute atomic E-state index is 6.03. The van der Waals surface area contributed by atoms with Crippen molar-refractivity contribution in [3.05, 3.63) is 23.4 Å². The molecule has 1 aromatic heterocycles. The maximum Gasteiger partial charge on any atom is 0.129 e. The summed E-state index contributed by atoms with van der Waals surface area (Å²) in [5.41, 5.74) is 2.27. The number of anilines is 1. The van der Waals surface area contributed by atoms with Crippen LogP contribution in [0.1, 0.15) is 39.0 Å². The Balaban J connectivity index is 2.39. The molecule has 0 radical (unpaired) electrons. The van der Waals surface area contributed by atoms with Gasteiger partial charge in [0.05, 0.1) is 19.3 Å². The molecular weight excluding hydrogens is 260 g/mol. The van der Waals surface area contributed by atoms with Gasteiger partial charge in [-0.25, -0.2) is 4.98 Å². The smallest absolute Gasteiger partial charge is 0.129 e. The van der Waals surface area contributed by atoms with Crippen LogP contribution >= 0.6 is 11.6 Å². The highest BCUT2D eigenvalue weighted by molar-refractivity contribution is 6.17. The molecule has 1 fully saturated rings. The lowest BCUT2D eigenvalue weighted by Crippen LogP contribution is -2.44. The van der Waals surface area contributed by atoms with Gasteiger partial charge in [-0.1, -0.05) is 20.8 Å². The zero-order valence-electron chi connectivity index (χ0n) is 12.2. The topological polar surface area (TPSA) is 25.4 Å². The SMILES string of the molecule is CC1COCCN1c1cc(CCl)cc(C(C)(C)C)n1. The fourth-order valence-corrected chi connectivity index (χ4v) is 2.40.